The summed E-state index contributed by atoms with van der Waals surface area (Å²) >= 11 is 1.61. The van der Waals surface area contributed by atoms with Crippen LogP contribution in [0.4, 0.5) is 5.69 Å². The SMILES string of the molecule is COc1ccc(/N=C(Sc2ccccc2)\C(C)=C\Oc2cccc(C)c2)cc1. The molecule has 3 aromatic rings. The zero-order valence-electron chi connectivity index (χ0n) is 16.3. The summed E-state index contributed by atoms with van der Waals surface area (Å²) in [6, 6.07) is 25.9. The lowest BCUT2D eigenvalue weighted by Gasteiger charge is -2.09. The number of rotatable bonds is 6. The average Bonchev–Trinajstić information content (AvgIpc) is 2.73. The Hall–Kier alpha value is -2.98. The Labute approximate surface area is 170 Å². The Morgan fingerprint density at radius 1 is 0.893 bits per heavy atom. The molecule has 0 radical (unpaired) electrons. The van der Waals surface area contributed by atoms with Crippen molar-refractivity contribution in [2.75, 3.05) is 7.11 Å². The van der Waals surface area contributed by atoms with E-state index in [1.54, 1.807) is 25.1 Å². The fourth-order valence-electron chi connectivity index (χ4n) is 2.46. The van der Waals surface area contributed by atoms with Crippen molar-refractivity contribution in [3.8, 4) is 11.5 Å². The molecule has 0 aliphatic rings. The van der Waals surface area contributed by atoms with E-state index in [4.69, 9.17) is 14.5 Å². The number of hydrogen-bond donors (Lipinski definition) is 0. The van der Waals surface area contributed by atoms with Crippen LogP contribution in [0.3, 0.4) is 0 Å². The number of benzene rings is 3. The maximum absolute atomic E-state index is 5.87. The van der Waals surface area contributed by atoms with Gasteiger partial charge in [-0.1, -0.05) is 42.1 Å². The Kier molecular flexibility index (Phi) is 6.93. The minimum Gasteiger partial charge on any atom is -0.497 e. The number of hydrogen-bond acceptors (Lipinski definition) is 4. The van der Waals surface area contributed by atoms with Crippen molar-refractivity contribution in [1.29, 1.82) is 0 Å². The number of aliphatic imine (C=N–C) groups is 1. The van der Waals surface area contributed by atoms with Crippen LogP contribution in [0.2, 0.25) is 0 Å². The molecule has 28 heavy (non-hydrogen) atoms. The predicted octanol–water partition coefficient (Wildman–Crippen LogP) is 6.81. The van der Waals surface area contributed by atoms with Crippen LogP contribution in [0, 0.1) is 6.92 Å². The number of methoxy groups -OCH3 is 1. The largest absolute Gasteiger partial charge is 0.497 e. The molecule has 0 saturated carbocycles. The summed E-state index contributed by atoms with van der Waals surface area (Å²) in [4.78, 5) is 5.96. The average molecular weight is 390 g/mol. The summed E-state index contributed by atoms with van der Waals surface area (Å²) in [6.45, 7) is 4.05. The van der Waals surface area contributed by atoms with Crippen LogP contribution in [0.1, 0.15) is 12.5 Å². The van der Waals surface area contributed by atoms with Crippen LogP contribution < -0.4 is 9.47 Å². The molecule has 0 aliphatic carbocycles. The lowest BCUT2D eigenvalue weighted by Crippen LogP contribution is -1.97. The van der Waals surface area contributed by atoms with Gasteiger partial charge in [0.05, 0.1) is 19.1 Å². The molecule has 3 aromatic carbocycles. The van der Waals surface area contributed by atoms with E-state index in [0.717, 1.165) is 38.3 Å². The van der Waals surface area contributed by atoms with Gasteiger partial charge in [-0.05, 0) is 67.9 Å². The molecular formula is C24H23NO2S. The smallest absolute Gasteiger partial charge is 0.126 e. The quantitative estimate of drug-likeness (QED) is 0.201. The molecule has 0 unspecified atom stereocenters. The van der Waals surface area contributed by atoms with Gasteiger partial charge in [0.1, 0.15) is 16.5 Å². The summed E-state index contributed by atoms with van der Waals surface area (Å²) in [5, 5.41) is 0.879. The van der Waals surface area contributed by atoms with Gasteiger partial charge in [0.25, 0.3) is 0 Å². The highest BCUT2D eigenvalue weighted by Crippen LogP contribution is 2.27. The number of aryl methyl sites for hydroxylation is 1. The molecule has 0 heterocycles. The van der Waals surface area contributed by atoms with Gasteiger partial charge in [-0.3, -0.25) is 0 Å². The zero-order chi connectivity index (χ0) is 19.8. The fourth-order valence-corrected chi connectivity index (χ4v) is 3.34. The Bertz CT molecular complexity index is 963. The Morgan fingerprint density at radius 3 is 2.32 bits per heavy atom. The van der Waals surface area contributed by atoms with E-state index >= 15 is 0 Å². The van der Waals surface area contributed by atoms with Crippen LogP contribution in [-0.2, 0) is 0 Å². The summed E-state index contributed by atoms with van der Waals surface area (Å²) in [7, 11) is 1.66. The van der Waals surface area contributed by atoms with Crippen LogP contribution in [0.25, 0.3) is 0 Å². The molecular weight excluding hydrogens is 366 g/mol. The normalized spacial score (nSPS) is 12.0. The van der Waals surface area contributed by atoms with E-state index in [9.17, 15) is 0 Å². The van der Waals surface area contributed by atoms with E-state index in [0.29, 0.717) is 0 Å². The first-order chi connectivity index (χ1) is 13.6. The number of ether oxygens (including phenoxy) is 2. The molecule has 0 spiro atoms. The summed E-state index contributed by atoms with van der Waals surface area (Å²) in [5.41, 5.74) is 2.98. The second-order valence-corrected chi connectivity index (χ2v) is 7.33. The molecule has 3 rings (SSSR count). The second kappa shape index (κ2) is 9.81. The molecule has 0 fully saturated rings. The van der Waals surface area contributed by atoms with Crippen LogP contribution in [-0.4, -0.2) is 12.2 Å². The summed E-state index contributed by atoms with van der Waals surface area (Å²) < 4.78 is 11.1. The standard InChI is InChI=1S/C24H23NO2S/c1-18-8-7-9-22(16-18)27-17-19(2)24(28-23-10-5-4-6-11-23)25-20-12-14-21(26-3)15-13-20/h4-17H,1-3H3/b19-17+,25-24+. The number of nitrogens with zero attached hydrogens (tertiary/aromatic N) is 1. The molecule has 0 amide bonds. The Balaban J connectivity index is 1.87. The highest BCUT2D eigenvalue weighted by molar-refractivity contribution is 8.14. The van der Waals surface area contributed by atoms with E-state index in [1.807, 2.05) is 80.6 Å². The van der Waals surface area contributed by atoms with Gasteiger partial charge in [-0.2, -0.15) is 0 Å². The van der Waals surface area contributed by atoms with Gasteiger partial charge in [0.2, 0.25) is 0 Å². The third-order valence-electron chi connectivity index (χ3n) is 3.96. The molecule has 0 aromatic heterocycles. The van der Waals surface area contributed by atoms with Gasteiger partial charge in [0, 0.05) is 10.5 Å². The minimum atomic E-state index is 0.811. The van der Waals surface area contributed by atoms with Gasteiger partial charge in [-0.15, -0.1) is 0 Å². The van der Waals surface area contributed by atoms with E-state index in [1.165, 1.54) is 0 Å². The summed E-state index contributed by atoms with van der Waals surface area (Å²) in [5.74, 6) is 1.62. The molecule has 0 atom stereocenters. The molecule has 0 N–H and O–H groups in total. The van der Waals surface area contributed by atoms with Crippen LogP contribution in [0.15, 0.2) is 101 Å². The molecule has 0 bridgehead atoms. The first-order valence-corrected chi connectivity index (χ1v) is 9.82. The molecule has 4 heteroatoms. The lowest BCUT2D eigenvalue weighted by atomic mass is 10.2. The van der Waals surface area contributed by atoms with Crippen molar-refractivity contribution < 1.29 is 9.47 Å². The Morgan fingerprint density at radius 2 is 1.64 bits per heavy atom. The van der Waals surface area contributed by atoms with Crippen LogP contribution in [0.5, 0.6) is 11.5 Å². The maximum atomic E-state index is 5.87. The minimum absolute atomic E-state index is 0.811. The fraction of sp³-hybridized carbons (Fsp3) is 0.125. The van der Waals surface area contributed by atoms with Gasteiger partial charge >= 0.3 is 0 Å². The third-order valence-corrected chi connectivity index (χ3v) is 5.07. The van der Waals surface area contributed by atoms with E-state index in [2.05, 4.69) is 12.1 Å². The van der Waals surface area contributed by atoms with Crippen molar-refractivity contribution in [3.05, 3.63) is 96.3 Å². The molecule has 0 saturated heterocycles. The van der Waals surface area contributed by atoms with Crippen molar-refractivity contribution in [2.45, 2.75) is 18.7 Å². The van der Waals surface area contributed by atoms with E-state index < -0.39 is 0 Å². The predicted molar refractivity (Wildman–Crippen MR) is 118 cm³/mol. The topological polar surface area (TPSA) is 30.8 Å². The van der Waals surface area contributed by atoms with Crippen LogP contribution >= 0.6 is 11.8 Å². The van der Waals surface area contributed by atoms with E-state index in [-0.39, 0.29) is 0 Å². The number of thioether (sulfide) groups is 1. The van der Waals surface area contributed by atoms with Gasteiger partial charge in [-0.25, -0.2) is 4.99 Å². The van der Waals surface area contributed by atoms with Crippen molar-refractivity contribution in [1.82, 2.24) is 0 Å². The third kappa shape index (κ3) is 5.76. The lowest BCUT2D eigenvalue weighted by molar-refractivity contribution is 0.415. The van der Waals surface area contributed by atoms with Gasteiger partial charge < -0.3 is 9.47 Å². The molecule has 3 nitrogen and oxygen atoms in total. The van der Waals surface area contributed by atoms with Crippen molar-refractivity contribution >= 4 is 22.5 Å². The van der Waals surface area contributed by atoms with Crippen molar-refractivity contribution in [3.63, 3.8) is 0 Å². The highest BCUT2D eigenvalue weighted by Gasteiger charge is 2.07. The highest BCUT2D eigenvalue weighted by atomic mass is 32.2. The first kappa shape index (κ1) is 19.8. The monoisotopic (exact) mass is 389 g/mol. The first-order valence-electron chi connectivity index (χ1n) is 9.00. The molecule has 0 aliphatic heterocycles. The zero-order valence-corrected chi connectivity index (χ0v) is 17.1. The second-order valence-electron chi connectivity index (χ2n) is 6.27. The maximum Gasteiger partial charge on any atom is 0.126 e. The van der Waals surface area contributed by atoms with Gasteiger partial charge in [0.15, 0.2) is 0 Å². The van der Waals surface area contributed by atoms with Crippen molar-refractivity contribution in [2.24, 2.45) is 4.99 Å². The molecule has 142 valence electrons. The summed E-state index contributed by atoms with van der Waals surface area (Å²) in [6.07, 6.45) is 1.76.